The van der Waals surface area contributed by atoms with E-state index in [-0.39, 0.29) is 12.4 Å². The molecule has 3 nitrogen and oxygen atoms in total. The first-order valence-corrected chi connectivity index (χ1v) is 3.84. The molecule has 3 heteroatoms. The molecule has 0 aromatic carbocycles. The van der Waals surface area contributed by atoms with Gasteiger partial charge < -0.3 is 10.5 Å². The zero-order valence-corrected chi connectivity index (χ0v) is 7.52. The molecular formula is C8H17NO2. The highest BCUT2D eigenvalue weighted by molar-refractivity contribution is 5.80. The van der Waals surface area contributed by atoms with Crippen LogP contribution in [0.3, 0.4) is 0 Å². The Kier molecular flexibility index (Phi) is 4.30. The average molecular weight is 159 g/mol. The van der Waals surface area contributed by atoms with Crippen molar-refractivity contribution in [3.63, 3.8) is 0 Å². The molecule has 0 aliphatic rings. The Morgan fingerprint density at radius 2 is 2.09 bits per heavy atom. The first-order valence-electron chi connectivity index (χ1n) is 3.84. The van der Waals surface area contributed by atoms with Gasteiger partial charge in [-0.3, -0.25) is 4.79 Å². The van der Waals surface area contributed by atoms with Gasteiger partial charge in [-0.2, -0.15) is 0 Å². The molecule has 0 aliphatic heterocycles. The molecule has 0 heterocycles. The molecule has 0 fully saturated rings. The van der Waals surface area contributed by atoms with Crippen LogP contribution in [0.1, 0.15) is 27.2 Å². The molecule has 0 atom stereocenters. The fraction of sp³-hybridized carbons (Fsp3) is 0.875. The predicted molar refractivity (Wildman–Crippen MR) is 44.4 cm³/mol. The summed E-state index contributed by atoms with van der Waals surface area (Å²) in [5.41, 5.74) is 5.22. The van der Waals surface area contributed by atoms with Crippen molar-refractivity contribution >= 4 is 5.78 Å². The van der Waals surface area contributed by atoms with Gasteiger partial charge in [-0.25, -0.2) is 0 Å². The largest absolute Gasteiger partial charge is 0.374 e. The molecule has 0 aromatic heterocycles. The number of ether oxygens (including phenoxy) is 1. The second kappa shape index (κ2) is 4.46. The SMILES string of the molecule is CCOCC(=O)CC(C)(C)N. The smallest absolute Gasteiger partial charge is 0.160 e. The van der Waals surface area contributed by atoms with Gasteiger partial charge in [-0.05, 0) is 20.8 Å². The van der Waals surface area contributed by atoms with Crippen LogP contribution in [0, 0.1) is 0 Å². The number of Topliss-reactive ketones (excluding diaryl/α,β-unsaturated/α-hetero) is 1. The third-order valence-corrected chi connectivity index (χ3v) is 1.12. The maximum atomic E-state index is 11.0. The lowest BCUT2D eigenvalue weighted by molar-refractivity contribution is -0.124. The van der Waals surface area contributed by atoms with Crippen LogP contribution in [0.5, 0.6) is 0 Å². The standard InChI is InChI=1S/C8H17NO2/c1-4-11-6-7(10)5-8(2,3)9/h4-6,9H2,1-3H3. The fourth-order valence-electron chi connectivity index (χ4n) is 0.775. The first-order chi connectivity index (χ1) is 4.95. The quantitative estimate of drug-likeness (QED) is 0.643. The molecule has 0 spiro atoms. The first kappa shape index (κ1) is 10.6. The minimum atomic E-state index is -0.409. The van der Waals surface area contributed by atoms with Crippen LogP contribution in [-0.4, -0.2) is 24.5 Å². The molecule has 0 aromatic rings. The fourth-order valence-corrected chi connectivity index (χ4v) is 0.775. The highest BCUT2D eigenvalue weighted by atomic mass is 16.5. The minimum absolute atomic E-state index is 0.0688. The molecule has 2 N–H and O–H groups in total. The van der Waals surface area contributed by atoms with Crippen molar-refractivity contribution in [2.24, 2.45) is 5.73 Å². The van der Waals surface area contributed by atoms with Crippen molar-refractivity contribution in [3.8, 4) is 0 Å². The topological polar surface area (TPSA) is 52.3 Å². The van der Waals surface area contributed by atoms with Crippen molar-refractivity contribution in [2.45, 2.75) is 32.7 Å². The molecule has 11 heavy (non-hydrogen) atoms. The zero-order valence-electron chi connectivity index (χ0n) is 7.52. The third-order valence-electron chi connectivity index (χ3n) is 1.12. The lowest BCUT2D eigenvalue weighted by Gasteiger charge is -2.16. The van der Waals surface area contributed by atoms with Gasteiger partial charge >= 0.3 is 0 Å². The van der Waals surface area contributed by atoms with Crippen LogP contribution >= 0.6 is 0 Å². The number of hydrogen-bond acceptors (Lipinski definition) is 3. The summed E-state index contributed by atoms with van der Waals surface area (Å²) >= 11 is 0. The van der Waals surface area contributed by atoms with E-state index in [4.69, 9.17) is 10.5 Å². The number of hydrogen-bond donors (Lipinski definition) is 1. The highest BCUT2D eigenvalue weighted by Gasteiger charge is 2.15. The van der Waals surface area contributed by atoms with E-state index in [1.54, 1.807) is 0 Å². The van der Waals surface area contributed by atoms with Crippen LogP contribution in [0.15, 0.2) is 0 Å². The number of carbonyl (C=O) groups is 1. The van der Waals surface area contributed by atoms with Crippen LogP contribution in [0.25, 0.3) is 0 Å². The van der Waals surface area contributed by atoms with Crippen LogP contribution in [0.4, 0.5) is 0 Å². The molecule has 0 amide bonds. The van der Waals surface area contributed by atoms with Gasteiger partial charge in [0, 0.05) is 18.6 Å². The Bertz CT molecular complexity index is 127. The molecular weight excluding hydrogens is 142 g/mol. The van der Waals surface area contributed by atoms with Gasteiger partial charge in [0.2, 0.25) is 0 Å². The Hall–Kier alpha value is -0.410. The van der Waals surface area contributed by atoms with Crippen LogP contribution in [0.2, 0.25) is 0 Å². The molecule has 0 unspecified atom stereocenters. The normalized spacial score (nSPS) is 11.6. The van der Waals surface area contributed by atoms with Crippen LogP contribution < -0.4 is 5.73 Å². The Labute approximate surface area is 67.9 Å². The summed E-state index contributed by atoms with van der Waals surface area (Å²) in [6, 6.07) is 0. The minimum Gasteiger partial charge on any atom is -0.374 e. The summed E-state index contributed by atoms with van der Waals surface area (Å²) in [7, 11) is 0. The van der Waals surface area contributed by atoms with E-state index in [9.17, 15) is 4.79 Å². The zero-order chi connectivity index (χ0) is 8.91. The predicted octanol–water partition coefficient (Wildman–Crippen LogP) is 0.719. The van der Waals surface area contributed by atoms with E-state index in [0.717, 1.165) is 0 Å². The summed E-state index contributed by atoms with van der Waals surface area (Å²) in [4.78, 5) is 11.0. The molecule has 0 saturated carbocycles. The van der Waals surface area contributed by atoms with E-state index < -0.39 is 5.54 Å². The maximum Gasteiger partial charge on any atom is 0.160 e. The maximum absolute atomic E-state index is 11.0. The van der Waals surface area contributed by atoms with E-state index >= 15 is 0 Å². The van der Waals surface area contributed by atoms with E-state index in [0.29, 0.717) is 13.0 Å². The molecule has 0 radical (unpaired) electrons. The van der Waals surface area contributed by atoms with Gasteiger partial charge in [0.15, 0.2) is 5.78 Å². The second-order valence-electron chi connectivity index (χ2n) is 3.34. The molecule has 66 valence electrons. The number of rotatable bonds is 5. The lowest BCUT2D eigenvalue weighted by atomic mass is 10.00. The van der Waals surface area contributed by atoms with Gasteiger partial charge in [0.1, 0.15) is 6.61 Å². The summed E-state index contributed by atoms with van der Waals surface area (Å²) < 4.78 is 4.94. The summed E-state index contributed by atoms with van der Waals surface area (Å²) in [5.74, 6) is 0.0688. The average Bonchev–Trinajstić information content (AvgIpc) is 1.79. The van der Waals surface area contributed by atoms with E-state index in [1.807, 2.05) is 20.8 Å². The summed E-state index contributed by atoms with van der Waals surface area (Å²) in [6.07, 6.45) is 0.382. The van der Waals surface area contributed by atoms with Gasteiger partial charge in [-0.15, -0.1) is 0 Å². The van der Waals surface area contributed by atoms with Gasteiger partial charge in [-0.1, -0.05) is 0 Å². The Morgan fingerprint density at radius 1 is 1.55 bits per heavy atom. The van der Waals surface area contributed by atoms with Crippen molar-refractivity contribution in [3.05, 3.63) is 0 Å². The van der Waals surface area contributed by atoms with Crippen molar-refractivity contribution in [1.82, 2.24) is 0 Å². The lowest BCUT2D eigenvalue weighted by Crippen LogP contribution is -2.35. The summed E-state index contributed by atoms with van der Waals surface area (Å²) in [6.45, 7) is 6.29. The molecule has 0 rings (SSSR count). The van der Waals surface area contributed by atoms with Gasteiger partial charge in [0.25, 0.3) is 0 Å². The molecule has 0 aliphatic carbocycles. The molecule has 0 saturated heterocycles. The summed E-state index contributed by atoms with van der Waals surface area (Å²) in [5, 5.41) is 0. The van der Waals surface area contributed by atoms with Crippen molar-refractivity contribution in [2.75, 3.05) is 13.2 Å². The van der Waals surface area contributed by atoms with E-state index in [2.05, 4.69) is 0 Å². The van der Waals surface area contributed by atoms with Crippen molar-refractivity contribution < 1.29 is 9.53 Å². The third kappa shape index (κ3) is 7.49. The molecule has 0 bridgehead atoms. The number of ketones is 1. The number of carbonyl (C=O) groups excluding carboxylic acids is 1. The second-order valence-corrected chi connectivity index (χ2v) is 3.34. The Morgan fingerprint density at radius 3 is 2.45 bits per heavy atom. The van der Waals surface area contributed by atoms with Gasteiger partial charge in [0.05, 0.1) is 0 Å². The highest BCUT2D eigenvalue weighted by Crippen LogP contribution is 2.03. The van der Waals surface area contributed by atoms with E-state index in [1.165, 1.54) is 0 Å². The Balaban J connectivity index is 3.53. The monoisotopic (exact) mass is 159 g/mol. The van der Waals surface area contributed by atoms with Crippen LogP contribution in [-0.2, 0) is 9.53 Å². The van der Waals surface area contributed by atoms with Crippen molar-refractivity contribution in [1.29, 1.82) is 0 Å². The number of nitrogens with two attached hydrogens (primary N) is 1.